The van der Waals surface area contributed by atoms with Crippen LogP contribution in [0.25, 0.3) is 0 Å². The van der Waals surface area contributed by atoms with Crippen molar-refractivity contribution < 1.29 is 9.47 Å². The smallest absolute Gasteiger partial charge is 0.185 e. The van der Waals surface area contributed by atoms with Gasteiger partial charge in [-0.15, -0.1) is 0 Å². The average Bonchev–Trinajstić information content (AvgIpc) is 2.09. The van der Waals surface area contributed by atoms with Crippen molar-refractivity contribution in [3.63, 3.8) is 0 Å². The molecule has 0 amide bonds. The first-order valence-corrected chi connectivity index (χ1v) is 3.46. The molecule has 12 heavy (non-hydrogen) atoms. The molecule has 0 bridgehead atoms. The van der Waals surface area contributed by atoms with Gasteiger partial charge in [0, 0.05) is 0 Å². The van der Waals surface area contributed by atoms with E-state index >= 15 is 0 Å². The zero-order valence-corrected chi connectivity index (χ0v) is 7.13. The fraction of sp³-hybridized carbons (Fsp3) is 0.250. The lowest BCUT2D eigenvalue weighted by molar-refractivity contribution is 0.357. The number of hydrogen-bond acceptors (Lipinski definition) is 4. The Morgan fingerprint density at radius 1 is 1.08 bits per heavy atom. The number of nitrogens with two attached hydrogens (primary N) is 2. The lowest BCUT2D eigenvalue weighted by atomic mass is 10.2. The molecular weight excluding hydrogens is 156 g/mol. The molecular formula is C8H12N2O2. The van der Waals surface area contributed by atoms with Crippen molar-refractivity contribution in [3.8, 4) is 11.5 Å². The molecule has 0 spiro atoms. The molecule has 0 fully saturated rings. The third-order valence-electron chi connectivity index (χ3n) is 1.62. The summed E-state index contributed by atoms with van der Waals surface area (Å²) in [6.07, 6.45) is 0. The Bertz CT molecular complexity index is 287. The monoisotopic (exact) mass is 168 g/mol. The van der Waals surface area contributed by atoms with Gasteiger partial charge in [-0.25, -0.2) is 0 Å². The number of ether oxygens (including phenoxy) is 2. The molecule has 66 valence electrons. The van der Waals surface area contributed by atoms with Crippen LogP contribution in [0, 0.1) is 0 Å². The second-order valence-electron chi connectivity index (χ2n) is 2.30. The van der Waals surface area contributed by atoms with Gasteiger partial charge in [0.2, 0.25) is 0 Å². The van der Waals surface area contributed by atoms with Gasteiger partial charge in [-0.2, -0.15) is 0 Å². The van der Waals surface area contributed by atoms with Crippen molar-refractivity contribution in [3.05, 3.63) is 12.1 Å². The highest BCUT2D eigenvalue weighted by Crippen LogP contribution is 2.36. The second kappa shape index (κ2) is 3.21. The molecule has 0 aliphatic carbocycles. The number of anilines is 2. The van der Waals surface area contributed by atoms with E-state index in [9.17, 15) is 0 Å². The van der Waals surface area contributed by atoms with E-state index in [2.05, 4.69) is 0 Å². The van der Waals surface area contributed by atoms with E-state index in [1.54, 1.807) is 19.2 Å². The molecule has 4 N–H and O–H groups in total. The molecule has 4 nitrogen and oxygen atoms in total. The van der Waals surface area contributed by atoms with Crippen molar-refractivity contribution in [2.45, 2.75) is 0 Å². The Kier molecular flexibility index (Phi) is 2.28. The Labute approximate surface area is 71.1 Å². The molecule has 4 heteroatoms. The Morgan fingerprint density at radius 2 is 1.75 bits per heavy atom. The minimum Gasteiger partial charge on any atom is -0.493 e. The van der Waals surface area contributed by atoms with Crippen LogP contribution in [-0.2, 0) is 0 Å². The van der Waals surface area contributed by atoms with Crippen LogP contribution in [0.5, 0.6) is 11.5 Å². The highest BCUT2D eigenvalue weighted by atomic mass is 16.5. The summed E-state index contributed by atoms with van der Waals surface area (Å²) in [6.45, 7) is 0. The number of benzene rings is 1. The van der Waals surface area contributed by atoms with Crippen LogP contribution in [0.3, 0.4) is 0 Å². The number of hydrogen-bond donors (Lipinski definition) is 2. The second-order valence-corrected chi connectivity index (χ2v) is 2.30. The maximum absolute atomic E-state index is 5.64. The van der Waals surface area contributed by atoms with E-state index in [0.717, 1.165) is 0 Å². The maximum atomic E-state index is 5.64. The van der Waals surface area contributed by atoms with E-state index in [1.807, 2.05) is 0 Å². The molecule has 0 unspecified atom stereocenters. The highest BCUT2D eigenvalue weighted by Gasteiger charge is 2.09. The summed E-state index contributed by atoms with van der Waals surface area (Å²) in [7, 11) is 3.07. The first kappa shape index (κ1) is 8.52. The Hall–Kier alpha value is -1.58. The largest absolute Gasteiger partial charge is 0.493 e. The van der Waals surface area contributed by atoms with E-state index in [1.165, 1.54) is 7.11 Å². The lowest BCUT2D eigenvalue weighted by Crippen LogP contribution is -2.00. The maximum Gasteiger partial charge on any atom is 0.185 e. The summed E-state index contributed by atoms with van der Waals surface area (Å²) in [6, 6.07) is 3.39. The Balaban J connectivity index is 3.25. The van der Waals surface area contributed by atoms with Gasteiger partial charge in [0.1, 0.15) is 5.69 Å². The summed E-state index contributed by atoms with van der Waals surface area (Å²) >= 11 is 0. The van der Waals surface area contributed by atoms with Crippen molar-refractivity contribution in [1.29, 1.82) is 0 Å². The van der Waals surface area contributed by atoms with Gasteiger partial charge >= 0.3 is 0 Å². The van der Waals surface area contributed by atoms with Crippen LogP contribution in [0.15, 0.2) is 12.1 Å². The van der Waals surface area contributed by atoms with Crippen molar-refractivity contribution in [2.24, 2.45) is 0 Å². The molecule has 1 aromatic carbocycles. The summed E-state index contributed by atoms with van der Waals surface area (Å²) in [4.78, 5) is 0. The fourth-order valence-electron chi connectivity index (χ4n) is 0.966. The van der Waals surface area contributed by atoms with Crippen LogP contribution in [0.2, 0.25) is 0 Å². The zero-order valence-electron chi connectivity index (χ0n) is 7.13. The average molecular weight is 168 g/mol. The standard InChI is InChI=1S/C8H12N2O2/c1-11-6-4-3-5(9)7(10)8(6)12-2/h3-4H,9-10H2,1-2H3. The van der Waals surface area contributed by atoms with Gasteiger partial charge in [0.25, 0.3) is 0 Å². The van der Waals surface area contributed by atoms with Gasteiger partial charge in [-0.1, -0.05) is 0 Å². The van der Waals surface area contributed by atoms with Crippen LogP contribution in [0.1, 0.15) is 0 Å². The SMILES string of the molecule is COc1ccc(N)c(N)c1OC. The molecule has 1 rings (SSSR count). The van der Waals surface area contributed by atoms with Crippen LogP contribution in [-0.4, -0.2) is 14.2 Å². The lowest BCUT2D eigenvalue weighted by Gasteiger charge is -2.10. The van der Waals surface area contributed by atoms with E-state index < -0.39 is 0 Å². The van der Waals surface area contributed by atoms with E-state index in [4.69, 9.17) is 20.9 Å². The predicted molar refractivity (Wildman–Crippen MR) is 48.4 cm³/mol. The van der Waals surface area contributed by atoms with Crippen LogP contribution in [0.4, 0.5) is 11.4 Å². The Morgan fingerprint density at radius 3 is 2.25 bits per heavy atom. The molecule has 0 saturated carbocycles. The molecule has 0 saturated heterocycles. The highest BCUT2D eigenvalue weighted by molar-refractivity contribution is 5.74. The topological polar surface area (TPSA) is 70.5 Å². The molecule has 0 atom stereocenters. The third-order valence-corrected chi connectivity index (χ3v) is 1.62. The van der Waals surface area contributed by atoms with Gasteiger partial charge in [-0.3, -0.25) is 0 Å². The normalized spacial score (nSPS) is 9.50. The number of rotatable bonds is 2. The number of methoxy groups -OCH3 is 2. The minimum absolute atomic E-state index is 0.414. The van der Waals surface area contributed by atoms with Crippen molar-refractivity contribution in [1.82, 2.24) is 0 Å². The fourth-order valence-corrected chi connectivity index (χ4v) is 0.966. The van der Waals surface area contributed by atoms with Gasteiger partial charge in [0.15, 0.2) is 11.5 Å². The van der Waals surface area contributed by atoms with Crippen molar-refractivity contribution >= 4 is 11.4 Å². The molecule has 0 radical (unpaired) electrons. The van der Waals surface area contributed by atoms with Gasteiger partial charge in [-0.05, 0) is 12.1 Å². The predicted octanol–water partition coefficient (Wildman–Crippen LogP) is 0.868. The molecule has 0 aromatic heterocycles. The minimum atomic E-state index is 0.414. The van der Waals surface area contributed by atoms with Gasteiger partial charge < -0.3 is 20.9 Å². The van der Waals surface area contributed by atoms with Crippen LogP contribution < -0.4 is 20.9 Å². The first-order chi connectivity index (χ1) is 5.70. The summed E-state index contributed by atoms with van der Waals surface area (Å²) in [5.41, 5.74) is 12.1. The molecule has 0 heterocycles. The van der Waals surface area contributed by atoms with Crippen LogP contribution >= 0.6 is 0 Å². The first-order valence-electron chi connectivity index (χ1n) is 3.46. The summed E-state index contributed by atoms with van der Waals surface area (Å²) in [5.74, 6) is 1.07. The van der Waals surface area contributed by atoms with Crippen molar-refractivity contribution in [2.75, 3.05) is 25.7 Å². The molecule has 0 aliphatic heterocycles. The number of nitrogen functional groups attached to an aromatic ring is 2. The quantitative estimate of drug-likeness (QED) is 0.643. The summed E-state index contributed by atoms with van der Waals surface area (Å²) in [5, 5.41) is 0. The third kappa shape index (κ3) is 1.23. The molecule has 0 aliphatic rings. The summed E-state index contributed by atoms with van der Waals surface area (Å²) < 4.78 is 10.0. The van der Waals surface area contributed by atoms with E-state index in [0.29, 0.717) is 22.9 Å². The van der Waals surface area contributed by atoms with E-state index in [-0.39, 0.29) is 0 Å². The molecule has 1 aromatic rings. The zero-order chi connectivity index (χ0) is 9.14. The van der Waals surface area contributed by atoms with Gasteiger partial charge in [0.05, 0.1) is 19.9 Å².